The topological polar surface area (TPSA) is 49.4 Å². The molecule has 0 radical (unpaired) electrons. The Morgan fingerprint density at radius 3 is 2.44 bits per heavy atom. The molecule has 0 aliphatic heterocycles. The van der Waals surface area contributed by atoms with Crippen LogP contribution in [0.4, 0.5) is 0 Å². The smallest absolute Gasteiger partial charge is 0.242 e. The second kappa shape index (κ2) is 11.5. The zero-order valence-electron chi connectivity index (χ0n) is 19.4. The second-order valence-corrected chi connectivity index (χ2v) is 8.47. The molecule has 3 rings (SSSR count). The molecule has 1 atom stereocenters. The van der Waals surface area contributed by atoms with Crippen molar-refractivity contribution in [2.45, 2.75) is 59.0 Å². The van der Waals surface area contributed by atoms with Gasteiger partial charge in [0.2, 0.25) is 11.8 Å². The highest BCUT2D eigenvalue weighted by Crippen LogP contribution is 2.21. The van der Waals surface area contributed by atoms with Gasteiger partial charge in [-0.15, -0.1) is 0 Å². The van der Waals surface area contributed by atoms with Crippen LogP contribution in [0.15, 0.2) is 66.7 Å². The van der Waals surface area contributed by atoms with Crippen LogP contribution < -0.4 is 5.32 Å². The first-order valence-electron chi connectivity index (χ1n) is 11.6. The Morgan fingerprint density at radius 1 is 0.969 bits per heavy atom. The Kier molecular flexibility index (Phi) is 8.43. The quantitative estimate of drug-likeness (QED) is 0.437. The van der Waals surface area contributed by atoms with E-state index >= 15 is 0 Å². The molecule has 0 saturated carbocycles. The summed E-state index contributed by atoms with van der Waals surface area (Å²) in [6, 6.07) is 22.1. The molecule has 0 heterocycles. The Bertz CT molecular complexity index is 1040. The fraction of sp³-hybridized carbons (Fsp3) is 0.357. The average molecular weight is 431 g/mol. The maximum absolute atomic E-state index is 13.3. The Morgan fingerprint density at radius 2 is 1.69 bits per heavy atom. The van der Waals surface area contributed by atoms with Crippen LogP contribution in [0.3, 0.4) is 0 Å². The van der Waals surface area contributed by atoms with E-state index in [1.54, 1.807) is 4.90 Å². The maximum Gasteiger partial charge on any atom is 0.242 e. The third-order valence-electron chi connectivity index (χ3n) is 5.96. The van der Waals surface area contributed by atoms with Gasteiger partial charge in [0.15, 0.2) is 0 Å². The molecule has 32 heavy (non-hydrogen) atoms. The van der Waals surface area contributed by atoms with Gasteiger partial charge in [0.1, 0.15) is 6.04 Å². The summed E-state index contributed by atoms with van der Waals surface area (Å²) in [6.07, 6.45) is 2.97. The molecular weight excluding hydrogens is 396 g/mol. The van der Waals surface area contributed by atoms with E-state index in [1.165, 1.54) is 16.3 Å². The van der Waals surface area contributed by atoms with Crippen molar-refractivity contribution in [3.63, 3.8) is 0 Å². The van der Waals surface area contributed by atoms with Gasteiger partial charge in [-0.05, 0) is 48.6 Å². The van der Waals surface area contributed by atoms with E-state index in [0.717, 1.165) is 24.0 Å². The summed E-state index contributed by atoms with van der Waals surface area (Å²) in [7, 11) is 0. The molecular formula is C28H34N2O2. The number of amides is 2. The molecule has 168 valence electrons. The van der Waals surface area contributed by atoms with Crippen LogP contribution in [-0.4, -0.2) is 29.3 Å². The number of aryl methyl sites for hydroxylation is 2. The second-order valence-electron chi connectivity index (χ2n) is 8.47. The zero-order chi connectivity index (χ0) is 22.9. The van der Waals surface area contributed by atoms with Gasteiger partial charge in [0, 0.05) is 19.5 Å². The molecule has 0 spiro atoms. The Balaban J connectivity index is 1.75. The van der Waals surface area contributed by atoms with Gasteiger partial charge in [0.25, 0.3) is 0 Å². The fourth-order valence-electron chi connectivity index (χ4n) is 3.90. The van der Waals surface area contributed by atoms with Gasteiger partial charge in [-0.25, -0.2) is 0 Å². The van der Waals surface area contributed by atoms with Crippen molar-refractivity contribution in [3.8, 4) is 0 Å². The maximum atomic E-state index is 13.3. The molecule has 0 bridgehead atoms. The summed E-state index contributed by atoms with van der Waals surface area (Å²) >= 11 is 0. The summed E-state index contributed by atoms with van der Waals surface area (Å²) in [6.45, 7) is 7.03. The Labute approximate surface area is 191 Å². The number of unbranched alkanes of at least 4 members (excludes halogenated alkanes) is 1. The molecule has 0 aliphatic rings. The van der Waals surface area contributed by atoms with Gasteiger partial charge in [-0.2, -0.15) is 0 Å². The molecule has 0 fully saturated rings. The molecule has 4 heteroatoms. The summed E-state index contributed by atoms with van der Waals surface area (Å²) < 4.78 is 0. The SMILES string of the molecule is CCCCNC(=O)[C@H](C)N(Cc1ccc(C)cc1)C(=O)CCc1cccc2ccccc12. The van der Waals surface area contributed by atoms with Crippen LogP contribution in [-0.2, 0) is 22.6 Å². The number of carbonyl (C=O) groups is 2. The first-order chi connectivity index (χ1) is 15.5. The third-order valence-corrected chi connectivity index (χ3v) is 5.96. The van der Waals surface area contributed by atoms with Gasteiger partial charge in [-0.1, -0.05) is 85.6 Å². The number of nitrogens with zero attached hydrogens (tertiary/aromatic N) is 1. The number of hydrogen-bond acceptors (Lipinski definition) is 2. The van der Waals surface area contributed by atoms with Gasteiger partial charge >= 0.3 is 0 Å². The normalized spacial score (nSPS) is 11.8. The van der Waals surface area contributed by atoms with Crippen LogP contribution in [0, 0.1) is 6.92 Å². The lowest BCUT2D eigenvalue weighted by Gasteiger charge is -2.29. The summed E-state index contributed by atoms with van der Waals surface area (Å²) in [4.78, 5) is 27.8. The van der Waals surface area contributed by atoms with E-state index < -0.39 is 6.04 Å². The highest BCUT2D eigenvalue weighted by atomic mass is 16.2. The van der Waals surface area contributed by atoms with Crippen molar-refractivity contribution in [3.05, 3.63) is 83.4 Å². The summed E-state index contributed by atoms with van der Waals surface area (Å²) in [5, 5.41) is 5.34. The van der Waals surface area contributed by atoms with E-state index in [9.17, 15) is 9.59 Å². The van der Waals surface area contributed by atoms with E-state index in [1.807, 2.05) is 56.3 Å². The molecule has 0 aliphatic carbocycles. The molecule has 4 nitrogen and oxygen atoms in total. The lowest BCUT2D eigenvalue weighted by Crippen LogP contribution is -2.47. The minimum Gasteiger partial charge on any atom is -0.354 e. The van der Waals surface area contributed by atoms with E-state index in [0.29, 0.717) is 25.9 Å². The molecule has 3 aromatic carbocycles. The number of nitrogens with one attached hydrogen (secondary N) is 1. The first kappa shape index (κ1) is 23.5. The van der Waals surface area contributed by atoms with Crippen molar-refractivity contribution >= 4 is 22.6 Å². The number of fused-ring (bicyclic) bond motifs is 1. The van der Waals surface area contributed by atoms with Gasteiger partial charge in [-0.3, -0.25) is 9.59 Å². The lowest BCUT2D eigenvalue weighted by molar-refractivity contribution is -0.140. The van der Waals surface area contributed by atoms with Crippen LogP contribution in [0.1, 0.15) is 49.8 Å². The molecule has 0 aromatic heterocycles. The van der Waals surface area contributed by atoms with Gasteiger partial charge < -0.3 is 10.2 Å². The number of carbonyl (C=O) groups excluding carboxylic acids is 2. The van der Waals surface area contributed by atoms with Crippen molar-refractivity contribution in [2.24, 2.45) is 0 Å². The monoisotopic (exact) mass is 430 g/mol. The molecule has 3 aromatic rings. The zero-order valence-corrected chi connectivity index (χ0v) is 19.4. The van der Waals surface area contributed by atoms with E-state index in [-0.39, 0.29) is 11.8 Å². The largest absolute Gasteiger partial charge is 0.354 e. The van der Waals surface area contributed by atoms with Crippen LogP contribution in [0.25, 0.3) is 10.8 Å². The predicted molar refractivity (Wildman–Crippen MR) is 131 cm³/mol. The molecule has 0 unspecified atom stereocenters. The van der Waals surface area contributed by atoms with Crippen molar-refractivity contribution in [1.82, 2.24) is 10.2 Å². The van der Waals surface area contributed by atoms with Crippen LogP contribution in [0.5, 0.6) is 0 Å². The van der Waals surface area contributed by atoms with Crippen LogP contribution in [0.2, 0.25) is 0 Å². The number of benzene rings is 3. The minimum atomic E-state index is -0.520. The third kappa shape index (κ3) is 6.19. The standard InChI is InChI=1S/C28H34N2O2/c1-4-5-19-29-28(32)22(3)30(20-23-15-13-21(2)14-16-23)27(31)18-17-25-11-8-10-24-9-6-7-12-26(24)25/h6-16,22H,4-5,17-20H2,1-3H3,(H,29,32)/t22-/m0/s1. The number of rotatable bonds is 10. The summed E-state index contributed by atoms with van der Waals surface area (Å²) in [5.74, 6) is -0.0966. The van der Waals surface area contributed by atoms with Crippen molar-refractivity contribution < 1.29 is 9.59 Å². The van der Waals surface area contributed by atoms with Crippen LogP contribution >= 0.6 is 0 Å². The molecule has 2 amide bonds. The van der Waals surface area contributed by atoms with Crippen molar-refractivity contribution in [2.75, 3.05) is 6.54 Å². The highest BCUT2D eigenvalue weighted by molar-refractivity contribution is 5.88. The van der Waals surface area contributed by atoms with E-state index in [2.05, 4.69) is 36.5 Å². The Hall–Kier alpha value is -3.14. The molecule has 0 saturated heterocycles. The average Bonchev–Trinajstić information content (AvgIpc) is 2.81. The summed E-state index contributed by atoms with van der Waals surface area (Å²) in [5.41, 5.74) is 3.36. The lowest BCUT2D eigenvalue weighted by atomic mass is 10.0. The minimum absolute atomic E-state index is 0.00310. The first-order valence-corrected chi connectivity index (χ1v) is 11.6. The van der Waals surface area contributed by atoms with Gasteiger partial charge in [0.05, 0.1) is 0 Å². The molecule has 1 N–H and O–H groups in total. The van der Waals surface area contributed by atoms with Crippen molar-refractivity contribution in [1.29, 1.82) is 0 Å². The fourth-order valence-corrected chi connectivity index (χ4v) is 3.90. The van der Waals surface area contributed by atoms with E-state index in [4.69, 9.17) is 0 Å². The predicted octanol–water partition coefficient (Wildman–Crippen LogP) is 5.41. The highest BCUT2D eigenvalue weighted by Gasteiger charge is 2.25. The number of hydrogen-bond donors (Lipinski definition) is 1.